The lowest BCUT2D eigenvalue weighted by Gasteiger charge is -2.17. The molecule has 0 saturated carbocycles. The first kappa shape index (κ1) is 18.4. The molecule has 9 heteroatoms. The van der Waals surface area contributed by atoms with Crippen LogP contribution in [0.2, 0.25) is 0 Å². The summed E-state index contributed by atoms with van der Waals surface area (Å²) < 4.78 is 102. The van der Waals surface area contributed by atoms with Crippen LogP contribution in [0.25, 0.3) is 0 Å². The zero-order valence-corrected chi connectivity index (χ0v) is 11.1. The molecule has 0 aliphatic carbocycles. The van der Waals surface area contributed by atoms with E-state index in [1.54, 1.807) is 0 Å². The SMILES string of the molecule is CCC(=O)C(F)(F)Cc1cc(C(F)(F)F)cc(C(F)(F)F)c1. The normalized spacial score (nSPS) is 13.3. The fraction of sp³-hybridized carbons (Fsp3) is 0.462. The van der Waals surface area contributed by atoms with Crippen molar-refractivity contribution >= 4 is 5.78 Å². The van der Waals surface area contributed by atoms with Crippen LogP contribution in [0.1, 0.15) is 30.0 Å². The van der Waals surface area contributed by atoms with E-state index in [-0.39, 0.29) is 18.2 Å². The Hall–Kier alpha value is -1.67. The van der Waals surface area contributed by atoms with Crippen molar-refractivity contribution in [1.82, 2.24) is 0 Å². The number of rotatable bonds is 4. The summed E-state index contributed by atoms with van der Waals surface area (Å²) in [5.74, 6) is -5.58. The summed E-state index contributed by atoms with van der Waals surface area (Å²) in [4.78, 5) is 11.0. The predicted octanol–water partition coefficient (Wildman–Crippen LogP) is 4.88. The Balaban J connectivity index is 3.34. The van der Waals surface area contributed by atoms with E-state index >= 15 is 0 Å². The summed E-state index contributed by atoms with van der Waals surface area (Å²) in [6, 6.07) is 0.210. The molecule has 0 atom stereocenters. The lowest BCUT2D eigenvalue weighted by atomic mass is 9.98. The smallest absolute Gasteiger partial charge is 0.293 e. The molecular weight excluding hydrogens is 324 g/mol. The van der Waals surface area contributed by atoms with Gasteiger partial charge in [-0.15, -0.1) is 0 Å². The van der Waals surface area contributed by atoms with E-state index in [4.69, 9.17) is 0 Å². The number of hydrogen-bond acceptors (Lipinski definition) is 1. The molecule has 1 nitrogen and oxygen atoms in total. The molecule has 22 heavy (non-hydrogen) atoms. The van der Waals surface area contributed by atoms with Gasteiger partial charge in [-0.2, -0.15) is 35.1 Å². The standard InChI is InChI=1S/C13H10F8O/c1-2-10(22)11(14,15)6-7-3-8(12(16,17)18)5-9(4-7)13(19,20)21/h3-5H,2,6H2,1H3. The second-order valence-corrected chi connectivity index (χ2v) is 4.57. The van der Waals surface area contributed by atoms with Crippen molar-refractivity contribution in [3.8, 4) is 0 Å². The van der Waals surface area contributed by atoms with E-state index in [9.17, 15) is 39.9 Å². The van der Waals surface area contributed by atoms with Gasteiger partial charge in [0.05, 0.1) is 11.1 Å². The monoisotopic (exact) mass is 334 g/mol. The third-order valence-corrected chi connectivity index (χ3v) is 2.80. The van der Waals surface area contributed by atoms with Crippen LogP contribution in [0, 0.1) is 0 Å². The average molecular weight is 334 g/mol. The zero-order chi connectivity index (χ0) is 17.3. The van der Waals surface area contributed by atoms with Crippen molar-refractivity contribution < 1.29 is 39.9 Å². The fourth-order valence-electron chi connectivity index (χ4n) is 1.73. The fourth-order valence-corrected chi connectivity index (χ4v) is 1.73. The second-order valence-electron chi connectivity index (χ2n) is 4.57. The van der Waals surface area contributed by atoms with Crippen LogP contribution < -0.4 is 0 Å². The summed E-state index contributed by atoms with van der Waals surface area (Å²) in [7, 11) is 0. The number of ketones is 1. The molecule has 0 heterocycles. The van der Waals surface area contributed by atoms with Gasteiger partial charge in [-0.3, -0.25) is 4.79 Å². The quantitative estimate of drug-likeness (QED) is 0.717. The first-order valence-corrected chi connectivity index (χ1v) is 5.97. The minimum Gasteiger partial charge on any atom is -0.293 e. The number of carbonyl (C=O) groups excluding carboxylic acids is 1. The van der Waals surface area contributed by atoms with Crippen LogP contribution in [-0.4, -0.2) is 11.7 Å². The Bertz CT molecular complexity index is 524. The average Bonchev–Trinajstić information content (AvgIpc) is 2.34. The molecule has 0 aliphatic rings. The van der Waals surface area contributed by atoms with Gasteiger partial charge >= 0.3 is 18.3 Å². The highest BCUT2D eigenvalue weighted by Gasteiger charge is 2.40. The van der Waals surface area contributed by atoms with E-state index in [1.165, 1.54) is 0 Å². The van der Waals surface area contributed by atoms with E-state index in [0.29, 0.717) is 0 Å². The molecule has 0 aliphatic heterocycles. The van der Waals surface area contributed by atoms with E-state index in [1.807, 2.05) is 0 Å². The lowest BCUT2D eigenvalue weighted by molar-refractivity contribution is -0.143. The van der Waals surface area contributed by atoms with Gasteiger partial charge in [-0.05, 0) is 23.8 Å². The molecule has 0 bridgehead atoms. The van der Waals surface area contributed by atoms with Crippen LogP contribution in [0.4, 0.5) is 35.1 Å². The molecule has 0 amide bonds. The maximum atomic E-state index is 13.4. The van der Waals surface area contributed by atoms with Crippen LogP contribution in [0.5, 0.6) is 0 Å². The van der Waals surface area contributed by atoms with Gasteiger partial charge in [0.2, 0.25) is 5.78 Å². The highest BCUT2D eigenvalue weighted by atomic mass is 19.4. The van der Waals surface area contributed by atoms with E-state index in [0.717, 1.165) is 6.92 Å². The topological polar surface area (TPSA) is 17.1 Å². The minimum atomic E-state index is -5.12. The molecule has 0 spiro atoms. The minimum absolute atomic E-state index is 0.163. The number of Topliss-reactive ketones (excluding diaryl/α,β-unsaturated/α-hetero) is 1. The Labute approximate surface area is 119 Å². The van der Waals surface area contributed by atoms with Crippen LogP contribution >= 0.6 is 0 Å². The predicted molar refractivity (Wildman–Crippen MR) is 60.4 cm³/mol. The Morgan fingerprint density at radius 2 is 1.27 bits per heavy atom. The van der Waals surface area contributed by atoms with Crippen LogP contribution in [0.15, 0.2) is 18.2 Å². The maximum absolute atomic E-state index is 13.4. The summed E-state index contributed by atoms with van der Waals surface area (Å²) in [6.07, 6.45) is -12.4. The zero-order valence-electron chi connectivity index (χ0n) is 11.1. The highest BCUT2D eigenvalue weighted by Crippen LogP contribution is 2.37. The van der Waals surface area contributed by atoms with Crippen molar-refractivity contribution in [2.75, 3.05) is 0 Å². The van der Waals surface area contributed by atoms with Gasteiger partial charge in [-0.1, -0.05) is 6.92 Å². The van der Waals surface area contributed by atoms with Crippen LogP contribution in [-0.2, 0) is 23.6 Å². The summed E-state index contributed by atoms with van der Waals surface area (Å²) >= 11 is 0. The highest BCUT2D eigenvalue weighted by molar-refractivity contribution is 5.85. The Morgan fingerprint density at radius 1 is 0.864 bits per heavy atom. The second kappa shape index (κ2) is 5.85. The summed E-state index contributed by atoms with van der Waals surface area (Å²) in [5.41, 5.74) is -4.30. The molecule has 1 aromatic carbocycles. The van der Waals surface area contributed by atoms with Crippen LogP contribution in [0.3, 0.4) is 0 Å². The molecular formula is C13H10F8O. The molecule has 1 rings (SSSR count). The molecule has 0 N–H and O–H groups in total. The first-order valence-electron chi connectivity index (χ1n) is 5.97. The number of hydrogen-bond donors (Lipinski definition) is 0. The molecule has 0 saturated heterocycles. The Kier molecular flexibility index (Phi) is 4.88. The molecule has 0 fully saturated rings. The summed E-state index contributed by atoms with van der Waals surface area (Å²) in [5, 5.41) is 0. The van der Waals surface area contributed by atoms with Crippen molar-refractivity contribution in [2.24, 2.45) is 0 Å². The van der Waals surface area contributed by atoms with Gasteiger partial charge in [-0.25, -0.2) is 0 Å². The van der Waals surface area contributed by atoms with Gasteiger partial charge in [0.15, 0.2) is 0 Å². The molecule has 0 radical (unpaired) electrons. The van der Waals surface area contributed by atoms with Gasteiger partial charge in [0.25, 0.3) is 0 Å². The van der Waals surface area contributed by atoms with E-state index < -0.39 is 53.6 Å². The molecule has 124 valence electrons. The van der Waals surface area contributed by atoms with Crippen molar-refractivity contribution in [1.29, 1.82) is 0 Å². The molecule has 0 unspecified atom stereocenters. The van der Waals surface area contributed by atoms with E-state index in [2.05, 4.69) is 0 Å². The lowest BCUT2D eigenvalue weighted by Crippen LogP contribution is -2.30. The van der Waals surface area contributed by atoms with Gasteiger partial charge < -0.3 is 0 Å². The maximum Gasteiger partial charge on any atom is 0.416 e. The van der Waals surface area contributed by atoms with Gasteiger partial charge in [0, 0.05) is 12.8 Å². The van der Waals surface area contributed by atoms with Crippen molar-refractivity contribution in [3.05, 3.63) is 34.9 Å². The number of carbonyl (C=O) groups is 1. The van der Waals surface area contributed by atoms with Crippen molar-refractivity contribution in [2.45, 2.75) is 38.0 Å². The van der Waals surface area contributed by atoms with Crippen molar-refractivity contribution in [3.63, 3.8) is 0 Å². The third-order valence-electron chi connectivity index (χ3n) is 2.80. The molecule has 0 aromatic heterocycles. The largest absolute Gasteiger partial charge is 0.416 e. The molecule has 1 aromatic rings. The summed E-state index contributed by atoms with van der Waals surface area (Å²) in [6.45, 7) is 1.11. The Morgan fingerprint density at radius 3 is 1.59 bits per heavy atom. The number of halogens is 8. The first-order chi connectivity index (χ1) is 9.77. The number of alkyl halides is 8. The third kappa shape index (κ3) is 4.41. The number of benzene rings is 1. The van der Waals surface area contributed by atoms with Gasteiger partial charge in [0.1, 0.15) is 0 Å².